The minimum absolute atomic E-state index is 0.0544. The summed E-state index contributed by atoms with van der Waals surface area (Å²) in [6.45, 7) is 2.39. The van der Waals surface area contributed by atoms with Crippen molar-refractivity contribution in [1.82, 2.24) is 10.3 Å². The predicted molar refractivity (Wildman–Crippen MR) is 47.1 cm³/mol. The second kappa shape index (κ2) is 2.99. The third kappa shape index (κ3) is 1.71. The maximum absolute atomic E-state index is 12.9. The lowest BCUT2D eigenvalue weighted by atomic mass is 10.2. The number of alkyl halides is 2. The monoisotopic (exact) mass is 204 g/mol. The summed E-state index contributed by atoms with van der Waals surface area (Å²) in [6.07, 6.45) is 0.822. The first-order valence-corrected chi connectivity index (χ1v) is 4.96. The Balaban J connectivity index is 2.36. The van der Waals surface area contributed by atoms with Gasteiger partial charge < -0.3 is 5.32 Å². The van der Waals surface area contributed by atoms with Gasteiger partial charge in [0, 0.05) is 24.9 Å². The largest absolute Gasteiger partial charge is 0.311 e. The first-order valence-electron chi connectivity index (χ1n) is 4.15. The Bertz CT molecular complexity index is 293. The van der Waals surface area contributed by atoms with Crippen molar-refractivity contribution < 1.29 is 8.78 Å². The lowest BCUT2D eigenvalue weighted by molar-refractivity contribution is 0.0171. The van der Waals surface area contributed by atoms with E-state index in [4.69, 9.17) is 0 Å². The van der Waals surface area contributed by atoms with Crippen LogP contribution in [0, 0.1) is 0 Å². The van der Waals surface area contributed by atoms with Gasteiger partial charge in [0.25, 0.3) is 5.92 Å². The quantitative estimate of drug-likeness (QED) is 0.755. The van der Waals surface area contributed by atoms with Crippen LogP contribution >= 0.6 is 11.3 Å². The van der Waals surface area contributed by atoms with Crippen molar-refractivity contribution in [2.75, 3.05) is 6.54 Å². The second-order valence-corrected chi connectivity index (χ2v) is 4.29. The van der Waals surface area contributed by atoms with Gasteiger partial charge in [-0.1, -0.05) is 0 Å². The highest BCUT2D eigenvalue weighted by molar-refractivity contribution is 7.11. The van der Waals surface area contributed by atoms with Crippen molar-refractivity contribution >= 4 is 11.3 Å². The second-order valence-electron chi connectivity index (χ2n) is 3.20. The van der Waals surface area contributed by atoms with Gasteiger partial charge in [0.05, 0.1) is 5.69 Å². The van der Waals surface area contributed by atoms with E-state index < -0.39 is 5.92 Å². The zero-order valence-corrected chi connectivity index (χ0v) is 8.05. The fourth-order valence-corrected chi connectivity index (χ4v) is 2.32. The van der Waals surface area contributed by atoms with Crippen LogP contribution in [-0.4, -0.2) is 11.5 Å². The van der Waals surface area contributed by atoms with Crippen molar-refractivity contribution in [3.63, 3.8) is 0 Å². The number of fused-ring (bicyclic) bond motifs is 1. The molecule has 2 rings (SSSR count). The summed E-state index contributed by atoms with van der Waals surface area (Å²) in [5.41, 5.74) is 0.799. The van der Waals surface area contributed by atoms with Crippen LogP contribution in [0.1, 0.15) is 22.5 Å². The van der Waals surface area contributed by atoms with Crippen molar-refractivity contribution in [3.8, 4) is 0 Å². The molecule has 0 atom stereocenters. The minimum atomic E-state index is -2.79. The van der Waals surface area contributed by atoms with Crippen molar-refractivity contribution in [3.05, 3.63) is 15.6 Å². The number of halogens is 2. The molecule has 0 aliphatic carbocycles. The zero-order chi connectivity index (χ0) is 9.47. The van der Waals surface area contributed by atoms with Gasteiger partial charge in [0.15, 0.2) is 5.01 Å². The van der Waals surface area contributed by atoms with E-state index in [1.165, 1.54) is 0 Å². The minimum Gasteiger partial charge on any atom is -0.311 e. The van der Waals surface area contributed by atoms with Gasteiger partial charge in [-0.15, -0.1) is 11.3 Å². The van der Waals surface area contributed by atoms with Gasteiger partial charge in [-0.2, -0.15) is 8.78 Å². The van der Waals surface area contributed by atoms with Gasteiger partial charge >= 0.3 is 0 Å². The maximum atomic E-state index is 12.9. The number of hydrogen-bond acceptors (Lipinski definition) is 3. The highest BCUT2D eigenvalue weighted by Gasteiger charge is 2.30. The number of hydrogen-bond donors (Lipinski definition) is 1. The SMILES string of the molecule is CC(F)(F)c1nc2c(s1)CCNC2. The summed E-state index contributed by atoms with van der Waals surface area (Å²) in [5.74, 6) is -2.79. The molecule has 5 heteroatoms. The lowest BCUT2D eigenvalue weighted by Gasteiger charge is -2.09. The lowest BCUT2D eigenvalue weighted by Crippen LogP contribution is -2.22. The van der Waals surface area contributed by atoms with E-state index in [0.717, 1.165) is 41.8 Å². The Hall–Kier alpha value is -0.550. The van der Waals surface area contributed by atoms with E-state index in [9.17, 15) is 8.78 Å². The molecule has 1 aliphatic heterocycles. The van der Waals surface area contributed by atoms with Crippen LogP contribution in [0.15, 0.2) is 0 Å². The molecular weight excluding hydrogens is 194 g/mol. The molecule has 0 spiro atoms. The molecule has 0 unspecified atom stereocenters. The fraction of sp³-hybridized carbons (Fsp3) is 0.625. The molecule has 0 aromatic carbocycles. The average Bonchev–Trinajstić information content (AvgIpc) is 2.45. The van der Waals surface area contributed by atoms with Crippen molar-refractivity contribution in [2.24, 2.45) is 0 Å². The fourth-order valence-electron chi connectivity index (χ4n) is 1.31. The highest BCUT2D eigenvalue weighted by atomic mass is 32.1. The van der Waals surface area contributed by atoms with Gasteiger partial charge in [0.2, 0.25) is 0 Å². The number of nitrogens with one attached hydrogen (secondary N) is 1. The molecule has 1 N–H and O–H groups in total. The molecule has 0 saturated heterocycles. The van der Waals surface area contributed by atoms with Gasteiger partial charge in [-0.3, -0.25) is 0 Å². The molecule has 13 heavy (non-hydrogen) atoms. The summed E-state index contributed by atoms with van der Waals surface area (Å²) in [7, 11) is 0. The van der Waals surface area contributed by atoms with E-state index in [0.29, 0.717) is 6.54 Å². The topological polar surface area (TPSA) is 24.9 Å². The van der Waals surface area contributed by atoms with Crippen LogP contribution in [0.5, 0.6) is 0 Å². The molecule has 0 bridgehead atoms. The molecule has 1 aromatic rings. The summed E-state index contributed by atoms with van der Waals surface area (Å²) in [5, 5.41) is 3.05. The number of nitrogens with zero attached hydrogens (tertiary/aromatic N) is 1. The van der Waals surface area contributed by atoms with Crippen LogP contribution in [0.3, 0.4) is 0 Å². The Kier molecular flexibility index (Phi) is 2.08. The van der Waals surface area contributed by atoms with E-state index in [1.807, 2.05) is 0 Å². The summed E-state index contributed by atoms with van der Waals surface area (Å²) < 4.78 is 25.7. The van der Waals surface area contributed by atoms with Gasteiger partial charge in [-0.25, -0.2) is 4.98 Å². The van der Waals surface area contributed by atoms with Crippen LogP contribution in [0.4, 0.5) is 8.78 Å². The van der Waals surface area contributed by atoms with Crippen molar-refractivity contribution in [2.45, 2.75) is 25.8 Å². The molecule has 72 valence electrons. The third-order valence-corrected chi connectivity index (χ3v) is 3.30. The van der Waals surface area contributed by atoms with Gasteiger partial charge in [-0.05, 0) is 6.42 Å². The number of rotatable bonds is 1. The summed E-state index contributed by atoms with van der Waals surface area (Å²) in [6, 6.07) is 0. The molecule has 1 aromatic heterocycles. The normalized spacial score (nSPS) is 17.2. The molecular formula is C8H10F2N2S. The summed E-state index contributed by atoms with van der Waals surface area (Å²) in [4.78, 5) is 4.94. The molecule has 0 amide bonds. The standard InChI is InChI=1S/C8H10F2N2S/c1-8(9,10)7-12-5-4-11-3-2-6(5)13-7/h11H,2-4H2,1H3. The molecule has 0 saturated carbocycles. The molecule has 1 aliphatic rings. The van der Waals surface area contributed by atoms with E-state index in [1.54, 1.807) is 0 Å². The Morgan fingerprint density at radius 3 is 2.92 bits per heavy atom. The molecule has 2 heterocycles. The van der Waals surface area contributed by atoms with E-state index in [2.05, 4.69) is 10.3 Å². The van der Waals surface area contributed by atoms with Crippen LogP contribution in [0.25, 0.3) is 0 Å². The first kappa shape index (κ1) is 9.02. The van der Waals surface area contributed by atoms with Crippen molar-refractivity contribution in [1.29, 1.82) is 0 Å². The highest BCUT2D eigenvalue weighted by Crippen LogP contribution is 2.33. The average molecular weight is 204 g/mol. The predicted octanol–water partition coefficient (Wildman–Crippen LogP) is 1.90. The van der Waals surface area contributed by atoms with E-state index in [-0.39, 0.29) is 5.01 Å². The smallest absolute Gasteiger partial charge is 0.296 e. The Morgan fingerprint density at radius 1 is 1.54 bits per heavy atom. The maximum Gasteiger partial charge on any atom is 0.296 e. The molecule has 2 nitrogen and oxygen atoms in total. The third-order valence-electron chi connectivity index (χ3n) is 1.98. The number of thiazole rings is 1. The van der Waals surface area contributed by atoms with Crippen LogP contribution in [0.2, 0.25) is 0 Å². The number of aromatic nitrogens is 1. The van der Waals surface area contributed by atoms with Crippen LogP contribution in [-0.2, 0) is 18.9 Å². The zero-order valence-electron chi connectivity index (χ0n) is 7.23. The summed E-state index contributed by atoms with van der Waals surface area (Å²) >= 11 is 1.14. The first-order chi connectivity index (χ1) is 6.07. The molecule has 0 radical (unpaired) electrons. The van der Waals surface area contributed by atoms with Gasteiger partial charge in [0.1, 0.15) is 0 Å². The Morgan fingerprint density at radius 2 is 2.31 bits per heavy atom. The van der Waals surface area contributed by atoms with Crippen LogP contribution < -0.4 is 5.32 Å². The van der Waals surface area contributed by atoms with E-state index >= 15 is 0 Å². The Labute approximate surface area is 79.0 Å². The molecule has 0 fully saturated rings.